The normalized spacial score (nSPS) is 11.5. The topological polar surface area (TPSA) is 93.1 Å². The number of ether oxygens (including phenoxy) is 1. The number of nitrogens with zero attached hydrogens (tertiary/aromatic N) is 4. The van der Waals surface area contributed by atoms with Gasteiger partial charge in [-0.25, -0.2) is 9.78 Å². The first-order valence-electron chi connectivity index (χ1n) is 10.4. The molecule has 1 atom stereocenters. The number of methoxy groups -OCH3 is 1. The van der Waals surface area contributed by atoms with Gasteiger partial charge in [-0.3, -0.25) is 15.1 Å². The molecule has 0 saturated heterocycles. The summed E-state index contributed by atoms with van der Waals surface area (Å²) in [6.45, 7) is 0. The van der Waals surface area contributed by atoms with Gasteiger partial charge in [0.1, 0.15) is 6.33 Å². The van der Waals surface area contributed by atoms with Gasteiger partial charge in [-0.05, 0) is 12.1 Å². The van der Waals surface area contributed by atoms with Crippen molar-refractivity contribution in [1.29, 1.82) is 0 Å². The van der Waals surface area contributed by atoms with Crippen molar-refractivity contribution in [2.45, 2.75) is 23.4 Å². The summed E-state index contributed by atoms with van der Waals surface area (Å²) in [7, 11) is 1.38. The van der Waals surface area contributed by atoms with Crippen LogP contribution in [0, 0.1) is 0 Å². The molecule has 166 valence electrons. The van der Waals surface area contributed by atoms with Crippen molar-refractivity contribution in [3.63, 3.8) is 0 Å². The highest BCUT2D eigenvalue weighted by molar-refractivity contribution is 7.98. The Labute approximate surface area is 196 Å². The number of benzene rings is 2. The largest absolute Gasteiger partial charge is 0.467 e. The first-order chi connectivity index (χ1) is 16.2. The van der Waals surface area contributed by atoms with Crippen molar-refractivity contribution >= 4 is 23.4 Å². The molecule has 4 aromatic rings. The summed E-state index contributed by atoms with van der Waals surface area (Å²) in [5.41, 5.74) is 4.26. The van der Waals surface area contributed by atoms with E-state index in [4.69, 9.17) is 14.7 Å². The predicted octanol–water partition coefficient (Wildman–Crippen LogP) is 4.11. The third-order valence-corrected chi connectivity index (χ3v) is 5.78. The molecule has 2 aromatic carbocycles. The lowest BCUT2D eigenvalue weighted by atomic mass is 10.0. The van der Waals surface area contributed by atoms with Gasteiger partial charge in [0, 0.05) is 29.0 Å². The molecular formula is C25H23N5O2S. The van der Waals surface area contributed by atoms with E-state index >= 15 is 0 Å². The van der Waals surface area contributed by atoms with E-state index in [2.05, 4.69) is 15.2 Å². The summed E-state index contributed by atoms with van der Waals surface area (Å²) in [4.78, 5) is 26.4. The predicted molar refractivity (Wildman–Crippen MR) is 128 cm³/mol. The number of rotatable bonds is 9. The van der Waals surface area contributed by atoms with Gasteiger partial charge in [0.15, 0.2) is 11.2 Å². The number of carbonyl (C=O) groups is 1. The molecule has 0 radical (unpaired) electrons. The molecule has 33 heavy (non-hydrogen) atoms. The molecule has 0 spiro atoms. The van der Waals surface area contributed by atoms with E-state index in [9.17, 15) is 4.79 Å². The fourth-order valence-electron chi connectivity index (χ4n) is 3.31. The van der Waals surface area contributed by atoms with Gasteiger partial charge in [0.05, 0.1) is 18.5 Å². The Morgan fingerprint density at radius 1 is 0.970 bits per heavy atom. The van der Waals surface area contributed by atoms with Crippen LogP contribution in [0.4, 0.5) is 0 Å². The monoisotopic (exact) mass is 457 g/mol. The zero-order chi connectivity index (χ0) is 22.9. The van der Waals surface area contributed by atoms with Gasteiger partial charge < -0.3 is 4.74 Å². The summed E-state index contributed by atoms with van der Waals surface area (Å²) in [6, 6.07) is 24.7. The molecule has 2 aromatic heterocycles. The highest BCUT2D eigenvalue weighted by atomic mass is 32.2. The van der Waals surface area contributed by atoms with Crippen LogP contribution in [0.15, 0.2) is 95.3 Å². The molecule has 1 N–H and O–H groups in total. The molecule has 2 heterocycles. The second-order valence-electron chi connectivity index (χ2n) is 7.15. The number of hydrogen-bond donors (Lipinski definition) is 1. The summed E-state index contributed by atoms with van der Waals surface area (Å²) >= 11 is 1.51. The average Bonchev–Trinajstić information content (AvgIpc) is 3.40. The van der Waals surface area contributed by atoms with Gasteiger partial charge in [0.2, 0.25) is 0 Å². The third kappa shape index (κ3) is 6.14. The van der Waals surface area contributed by atoms with E-state index in [0.29, 0.717) is 12.2 Å². The number of carbonyl (C=O) groups excluding carboxylic acids is 1. The van der Waals surface area contributed by atoms with Crippen LogP contribution in [0.2, 0.25) is 0 Å². The van der Waals surface area contributed by atoms with Gasteiger partial charge in [-0.1, -0.05) is 78.5 Å². The number of esters is 1. The third-order valence-electron chi connectivity index (χ3n) is 4.87. The molecule has 0 bridgehead atoms. The lowest BCUT2D eigenvalue weighted by Crippen LogP contribution is -2.25. The highest BCUT2D eigenvalue weighted by Gasteiger charge is 2.22. The summed E-state index contributed by atoms with van der Waals surface area (Å²) in [6.07, 6.45) is 1.80. The van der Waals surface area contributed by atoms with Crippen molar-refractivity contribution in [2.24, 2.45) is 4.99 Å². The van der Waals surface area contributed by atoms with Crippen LogP contribution in [0.25, 0.3) is 0 Å². The van der Waals surface area contributed by atoms with Crippen LogP contribution in [0.5, 0.6) is 0 Å². The Morgan fingerprint density at radius 2 is 1.64 bits per heavy atom. The van der Waals surface area contributed by atoms with Crippen LogP contribution in [0.1, 0.15) is 22.5 Å². The quantitative estimate of drug-likeness (QED) is 0.231. The van der Waals surface area contributed by atoms with Gasteiger partial charge in [0.25, 0.3) is 0 Å². The van der Waals surface area contributed by atoms with Crippen LogP contribution in [-0.4, -0.2) is 45.0 Å². The van der Waals surface area contributed by atoms with Crippen LogP contribution < -0.4 is 0 Å². The minimum Gasteiger partial charge on any atom is -0.467 e. The van der Waals surface area contributed by atoms with E-state index in [1.54, 1.807) is 0 Å². The molecule has 0 saturated carbocycles. The maximum atomic E-state index is 12.7. The smallest absolute Gasteiger partial charge is 0.331 e. The molecule has 4 rings (SSSR count). The molecule has 0 aliphatic rings. The fourth-order valence-corrected chi connectivity index (χ4v) is 3.99. The lowest BCUT2D eigenvalue weighted by Gasteiger charge is -2.15. The SMILES string of the molecule is COC(=O)C(Cc1cccc(CSc2ncn[nH]2)n1)N=C(c1ccccc1)c1ccccc1. The maximum absolute atomic E-state index is 12.7. The minimum absolute atomic E-state index is 0.330. The van der Waals surface area contributed by atoms with Crippen LogP contribution >= 0.6 is 11.8 Å². The molecule has 0 amide bonds. The van der Waals surface area contributed by atoms with Crippen molar-refractivity contribution in [2.75, 3.05) is 7.11 Å². The standard InChI is InChI=1S/C25H23N5O2S/c1-32-24(31)22(15-20-13-8-14-21(28-20)16-33-25-26-17-27-30-25)29-23(18-9-4-2-5-10-18)19-11-6-3-7-12-19/h2-14,17,22H,15-16H2,1H3,(H,26,27,30). The first kappa shape index (κ1) is 22.4. The molecular weight excluding hydrogens is 434 g/mol. The Balaban J connectivity index is 1.62. The van der Waals surface area contributed by atoms with E-state index in [1.807, 2.05) is 78.9 Å². The number of nitrogens with one attached hydrogen (secondary N) is 1. The molecule has 8 heteroatoms. The molecule has 1 unspecified atom stereocenters. The zero-order valence-electron chi connectivity index (χ0n) is 18.1. The Bertz CT molecular complexity index is 1160. The first-order valence-corrected chi connectivity index (χ1v) is 11.4. The summed E-state index contributed by atoms with van der Waals surface area (Å²) < 4.78 is 5.09. The highest BCUT2D eigenvalue weighted by Crippen LogP contribution is 2.19. The Kier molecular flexibility index (Phi) is 7.60. The number of pyridine rings is 1. The number of aromatic nitrogens is 4. The van der Waals surface area contributed by atoms with E-state index in [1.165, 1.54) is 25.2 Å². The minimum atomic E-state index is -0.727. The van der Waals surface area contributed by atoms with E-state index in [-0.39, 0.29) is 0 Å². The van der Waals surface area contributed by atoms with Crippen LogP contribution in [-0.2, 0) is 21.7 Å². The lowest BCUT2D eigenvalue weighted by molar-refractivity contribution is -0.142. The molecule has 0 fully saturated rings. The zero-order valence-corrected chi connectivity index (χ0v) is 18.9. The van der Waals surface area contributed by atoms with Crippen LogP contribution in [0.3, 0.4) is 0 Å². The Hall–Kier alpha value is -3.78. The number of hydrogen-bond acceptors (Lipinski definition) is 7. The van der Waals surface area contributed by atoms with Gasteiger partial charge in [-0.2, -0.15) is 5.10 Å². The average molecular weight is 458 g/mol. The summed E-state index contributed by atoms with van der Waals surface area (Å²) in [5, 5.41) is 7.41. The molecule has 0 aliphatic carbocycles. The van der Waals surface area contributed by atoms with Crippen molar-refractivity contribution in [3.8, 4) is 0 Å². The van der Waals surface area contributed by atoms with E-state index in [0.717, 1.165) is 33.4 Å². The number of thioether (sulfide) groups is 1. The second kappa shape index (κ2) is 11.2. The number of aromatic amines is 1. The van der Waals surface area contributed by atoms with Gasteiger partial charge >= 0.3 is 5.97 Å². The number of H-pyrrole nitrogens is 1. The second-order valence-corrected chi connectivity index (χ2v) is 8.12. The Morgan fingerprint density at radius 3 is 2.24 bits per heavy atom. The van der Waals surface area contributed by atoms with Crippen molar-refractivity contribution < 1.29 is 9.53 Å². The fraction of sp³-hybridized carbons (Fsp3) is 0.160. The van der Waals surface area contributed by atoms with Crippen molar-refractivity contribution in [1.82, 2.24) is 20.2 Å². The van der Waals surface area contributed by atoms with E-state index < -0.39 is 12.0 Å². The molecule has 7 nitrogen and oxygen atoms in total. The van der Waals surface area contributed by atoms with Gasteiger partial charge in [-0.15, -0.1) is 0 Å². The summed E-state index contributed by atoms with van der Waals surface area (Å²) in [5.74, 6) is 0.233. The number of aliphatic imine (C=N–C) groups is 1. The maximum Gasteiger partial charge on any atom is 0.331 e. The van der Waals surface area contributed by atoms with Crippen molar-refractivity contribution in [3.05, 3.63) is 108 Å². The molecule has 0 aliphatic heterocycles.